The second-order valence-electron chi connectivity index (χ2n) is 7.04. The van der Waals surface area contributed by atoms with Gasteiger partial charge >= 0.3 is 0 Å². The van der Waals surface area contributed by atoms with Crippen LogP contribution >= 0.6 is 11.3 Å². The molecule has 3 aromatic rings. The number of amides is 2. The van der Waals surface area contributed by atoms with Crippen LogP contribution in [0.5, 0.6) is 0 Å². The minimum Gasteiger partial charge on any atom is -0.459 e. The van der Waals surface area contributed by atoms with E-state index in [-0.39, 0.29) is 10.7 Å². The van der Waals surface area contributed by atoms with Crippen molar-refractivity contribution in [1.29, 1.82) is 0 Å². The zero-order valence-corrected chi connectivity index (χ0v) is 18.2. The molecule has 1 saturated heterocycles. The van der Waals surface area contributed by atoms with Gasteiger partial charge in [-0.15, -0.1) is 11.3 Å². The van der Waals surface area contributed by atoms with E-state index in [4.69, 9.17) is 4.42 Å². The fraction of sp³-hybridized carbons (Fsp3) is 0.238. The monoisotopic (exact) mass is 459 g/mol. The smallest absolute Gasteiger partial charge is 0.291 e. The highest BCUT2D eigenvalue weighted by atomic mass is 32.2. The number of furan rings is 1. The van der Waals surface area contributed by atoms with Crippen LogP contribution in [0.15, 0.2) is 64.1 Å². The summed E-state index contributed by atoms with van der Waals surface area (Å²) in [7, 11) is -3.59. The van der Waals surface area contributed by atoms with E-state index < -0.39 is 21.8 Å². The molecule has 10 heteroatoms. The second-order valence-corrected chi connectivity index (χ2v) is 10.1. The quantitative estimate of drug-likeness (QED) is 0.579. The van der Waals surface area contributed by atoms with E-state index in [1.165, 1.54) is 22.7 Å². The van der Waals surface area contributed by atoms with Crippen molar-refractivity contribution >= 4 is 43.9 Å². The first kappa shape index (κ1) is 21.3. The van der Waals surface area contributed by atoms with Gasteiger partial charge in [0.25, 0.3) is 11.8 Å². The maximum absolute atomic E-state index is 12.9. The van der Waals surface area contributed by atoms with Crippen LogP contribution in [0.3, 0.4) is 0 Å². The molecule has 1 aliphatic heterocycles. The molecule has 8 nitrogen and oxygen atoms in total. The molecule has 0 spiro atoms. The molecule has 0 saturated carbocycles. The van der Waals surface area contributed by atoms with E-state index in [0.717, 1.165) is 30.6 Å². The predicted molar refractivity (Wildman–Crippen MR) is 118 cm³/mol. The number of sulfonamides is 1. The van der Waals surface area contributed by atoms with Crippen molar-refractivity contribution < 1.29 is 22.4 Å². The molecule has 2 amide bonds. The van der Waals surface area contributed by atoms with E-state index in [0.29, 0.717) is 28.7 Å². The summed E-state index contributed by atoms with van der Waals surface area (Å²) < 4.78 is 32.3. The Balaban J connectivity index is 1.44. The van der Waals surface area contributed by atoms with Crippen LogP contribution in [0.4, 0.5) is 10.7 Å². The van der Waals surface area contributed by atoms with Crippen molar-refractivity contribution in [2.45, 2.75) is 24.2 Å². The molecule has 0 bridgehead atoms. The molecule has 3 heterocycles. The minimum atomic E-state index is -3.59. The van der Waals surface area contributed by atoms with E-state index in [2.05, 4.69) is 10.6 Å². The normalized spacial score (nSPS) is 14.8. The summed E-state index contributed by atoms with van der Waals surface area (Å²) in [6.07, 6.45) is 4.15. The lowest BCUT2D eigenvalue weighted by atomic mass is 10.2. The first-order valence-corrected chi connectivity index (χ1v) is 12.1. The molecular weight excluding hydrogens is 438 g/mol. The van der Waals surface area contributed by atoms with Gasteiger partial charge in [-0.25, -0.2) is 8.42 Å². The van der Waals surface area contributed by atoms with E-state index >= 15 is 0 Å². The Labute approximate surface area is 183 Å². The highest BCUT2D eigenvalue weighted by molar-refractivity contribution is 7.89. The lowest BCUT2D eigenvalue weighted by molar-refractivity contribution is 0.0995. The second kappa shape index (κ2) is 9.04. The largest absolute Gasteiger partial charge is 0.459 e. The van der Waals surface area contributed by atoms with Crippen LogP contribution in [-0.2, 0) is 10.0 Å². The SMILES string of the molecule is O=C(Nc1ccc(C(=O)Nc2cccc(S(=O)(=O)N3CCCCC3)c2)s1)c1ccco1. The molecule has 1 aliphatic rings. The Bertz CT molecular complexity index is 1180. The number of nitrogens with one attached hydrogen (secondary N) is 2. The van der Waals surface area contributed by atoms with Gasteiger partial charge in [0.05, 0.1) is 21.0 Å². The number of nitrogens with zero attached hydrogens (tertiary/aromatic N) is 1. The van der Waals surface area contributed by atoms with Crippen molar-refractivity contribution in [2.75, 3.05) is 23.7 Å². The summed E-state index contributed by atoms with van der Waals surface area (Å²) >= 11 is 1.11. The fourth-order valence-electron chi connectivity index (χ4n) is 3.29. The van der Waals surface area contributed by atoms with Gasteiger partial charge in [-0.05, 0) is 55.3 Å². The lowest BCUT2D eigenvalue weighted by Crippen LogP contribution is -2.35. The Hall–Kier alpha value is -2.95. The number of piperidine rings is 1. The number of rotatable bonds is 6. The Morgan fingerprint density at radius 3 is 2.48 bits per heavy atom. The zero-order valence-electron chi connectivity index (χ0n) is 16.5. The Kier molecular flexibility index (Phi) is 6.21. The third-order valence-corrected chi connectivity index (χ3v) is 7.75. The van der Waals surface area contributed by atoms with Crippen LogP contribution in [0.1, 0.15) is 39.5 Å². The number of hydrogen-bond donors (Lipinski definition) is 2. The lowest BCUT2D eigenvalue weighted by Gasteiger charge is -2.26. The van der Waals surface area contributed by atoms with Gasteiger partial charge < -0.3 is 15.1 Å². The van der Waals surface area contributed by atoms with Crippen molar-refractivity contribution in [3.8, 4) is 0 Å². The first-order valence-electron chi connectivity index (χ1n) is 9.80. The number of benzene rings is 1. The van der Waals surface area contributed by atoms with Gasteiger partial charge in [0.1, 0.15) is 0 Å². The highest BCUT2D eigenvalue weighted by Crippen LogP contribution is 2.26. The summed E-state index contributed by atoms with van der Waals surface area (Å²) in [5.41, 5.74) is 0.387. The van der Waals surface area contributed by atoms with Gasteiger partial charge in [-0.2, -0.15) is 4.31 Å². The van der Waals surface area contributed by atoms with Gasteiger partial charge in [-0.1, -0.05) is 12.5 Å². The molecule has 2 N–H and O–H groups in total. The zero-order chi connectivity index (χ0) is 21.8. The van der Waals surface area contributed by atoms with Crippen LogP contribution in [0.25, 0.3) is 0 Å². The maximum atomic E-state index is 12.9. The molecule has 2 aromatic heterocycles. The van der Waals surface area contributed by atoms with Gasteiger partial charge in [0.15, 0.2) is 5.76 Å². The van der Waals surface area contributed by atoms with Crippen molar-refractivity contribution in [1.82, 2.24) is 4.31 Å². The topological polar surface area (TPSA) is 109 Å². The molecule has 1 fully saturated rings. The minimum absolute atomic E-state index is 0.157. The molecule has 31 heavy (non-hydrogen) atoms. The number of anilines is 2. The molecule has 0 aliphatic carbocycles. The first-order chi connectivity index (χ1) is 14.9. The van der Waals surface area contributed by atoms with Crippen LogP contribution in [0, 0.1) is 0 Å². The fourth-order valence-corrected chi connectivity index (χ4v) is 5.65. The standard InChI is InChI=1S/C21H21N3O5S2/c25-20(17-8-5-13-29-17)23-19-10-9-18(30-19)21(26)22-15-6-4-7-16(14-15)31(27,28)24-11-2-1-3-12-24/h4-10,13-14H,1-3,11-12H2,(H,22,26)(H,23,25). The number of carbonyl (C=O) groups is 2. The van der Waals surface area contributed by atoms with Gasteiger partial charge in [0, 0.05) is 18.8 Å². The Morgan fingerprint density at radius 1 is 0.935 bits per heavy atom. The van der Waals surface area contributed by atoms with E-state index in [1.54, 1.807) is 36.4 Å². The number of thiophene rings is 1. The van der Waals surface area contributed by atoms with Crippen LogP contribution in [-0.4, -0.2) is 37.6 Å². The molecule has 0 unspecified atom stereocenters. The maximum Gasteiger partial charge on any atom is 0.291 e. The molecule has 4 rings (SSSR count). The van der Waals surface area contributed by atoms with E-state index in [1.807, 2.05) is 0 Å². The summed E-state index contributed by atoms with van der Waals surface area (Å²) in [6, 6.07) is 12.6. The average molecular weight is 460 g/mol. The summed E-state index contributed by atoms with van der Waals surface area (Å²) in [4.78, 5) is 25.2. The molecule has 162 valence electrons. The predicted octanol–water partition coefficient (Wildman–Crippen LogP) is 4.02. The average Bonchev–Trinajstić information content (AvgIpc) is 3.47. The summed E-state index contributed by atoms with van der Waals surface area (Å²) in [6.45, 7) is 1.03. The molecule has 0 radical (unpaired) electrons. The number of hydrogen-bond acceptors (Lipinski definition) is 6. The molecular formula is C21H21N3O5S2. The van der Waals surface area contributed by atoms with Crippen LogP contribution in [0.2, 0.25) is 0 Å². The third-order valence-electron chi connectivity index (χ3n) is 4.86. The van der Waals surface area contributed by atoms with E-state index in [9.17, 15) is 18.0 Å². The van der Waals surface area contributed by atoms with Gasteiger partial charge in [0.2, 0.25) is 10.0 Å². The molecule has 1 aromatic carbocycles. The molecule has 0 atom stereocenters. The van der Waals surface area contributed by atoms with Crippen molar-refractivity contribution in [3.05, 3.63) is 65.4 Å². The van der Waals surface area contributed by atoms with Crippen LogP contribution < -0.4 is 10.6 Å². The Morgan fingerprint density at radius 2 is 1.74 bits per heavy atom. The number of carbonyl (C=O) groups excluding carboxylic acids is 2. The summed E-state index contributed by atoms with van der Waals surface area (Å²) in [5.74, 6) is -0.628. The van der Waals surface area contributed by atoms with Crippen molar-refractivity contribution in [2.24, 2.45) is 0 Å². The summed E-state index contributed by atoms with van der Waals surface area (Å²) in [5, 5.41) is 5.89. The third kappa shape index (κ3) is 4.87. The van der Waals surface area contributed by atoms with Gasteiger partial charge in [-0.3, -0.25) is 9.59 Å². The highest BCUT2D eigenvalue weighted by Gasteiger charge is 2.26. The van der Waals surface area contributed by atoms with Crippen molar-refractivity contribution in [3.63, 3.8) is 0 Å².